The van der Waals surface area contributed by atoms with Gasteiger partial charge in [0.25, 0.3) is 5.56 Å². The second-order valence-electron chi connectivity index (χ2n) is 7.54. The van der Waals surface area contributed by atoms with Crippen LogP contribution in [0.3, 0.4) is 0 Å². The van der Waals surface area contributed by atoms with Gasteiger partial charge in [0.15, 0.2) is 0 Å². The Morgan fingerprint density at radius 3 is 2.61 bits per heavy atom. The van der Waals surface area contributed by atoms with Crippen molar-refractivity contribution >= 4 is 33.0 Å². The maximum Gasteiger partial charge on any atom is 0.291 e. The van der Waals surface area contributed by atoms with Gasteiger partial charge < -0.3 is 5.32 Å². The van der Waals surface area contributed by atoms with Crippen molar-refractivity contribution in [1.29, 1.82) is 0 Å². The van der Waals surface area contributed by atoms with E-state index in [2.05, 4.69) is 43.0 Å². The molecular formula is C20H29N5O2S. The predicted molar refractivity (Wildman–Crippen MR) is 114 cm³/mol. The molecule has 0 saturated carbocycles. The molecule has 3 rings (SSSR count). The monoisotopic (exact) mass is 403 g/mol. The van der Waals surface area contributed by atoms with E-state index < -0.39 is 0 Å². The number of nitrogens with one attached hydrogen (secondary N) is 1. The molecule has 1 amide bonds. The second-order valence-corrected chi connectivity index (χ2v) is 8.49. The molecule has 0 bridgehead atoms. The summed E-state index contributed by atoms with van der Waals surface area (Å²) in [5, 5.41) is 9.39. The third-order valence-corrected chi connectivity index (χ3v) is 5.85. The number of rotatable bonds is 8. The highest BCUT2D eigenvalue weighted by atomic mass is 32.1. The summed E-state index contributed by atoms with van der Waals surface area (Å²) in [5.74, 6) is 0.587. The van der Waals surface area contributed by atoms with Crippen molar-refractivity contribution in [2.24, 2.45) is 0 Å². The Morgan fingerprint density at radius 2 is 1.96 bits per heavy atom. The van der Waals surface area contributed by atoms with Gasteiger partial charge in [-0.05, 0) is 45.2 Å². The summed E-state index contributed by atoms with van der Waals surface area (Å²) < 4.78 is 4.25. The van der Waals surface area contributed by atoms with Crippen molar-refractivity contribution in [3.05, 3.63) is 33.7 Å². The topological polar surface area (TPSA) is 71.6 Å². The van der Waals surface area contributed by atoms with E-state index in [1.807, 2.05) is 28.8 Å². The molecule has 0 atom stereocenters. The summed E-state index contributed by atoms with van der Waals surface area (Å²) in [4.78, 5) is 27.6. The van der Waals surface area contributed by atoms with E-state index in [4.69, 9.17) is 0 Å². The first kappa shape index (κ1) is 20.5. The van der Waals surface area contributed by atoms with E-state index in [-0.39, 0.29) is 18.0 Å². The molecule has 0 aliphatic rings. The van der Waals surface area contributed by atoms with Gasteiger partial charge >= 0.3 is 0 Å². The highest BCUT2D eigenvalue weighted by molar-refractivity contribution is 7.17. The normalized spacial score (nSPS) is 12.1. The fourth-order valence-corrected chi connectivity index (χ4v) is 4.49. The summed E-state index contributed by atoms with van der Waals surface area (Å²) in [5.41, 5.74) is 1.34. The predicted octanol–water partition coefficient (Wildman–Crippen LogP) is 2.51. The van der Waals surface area contributed by atoms with E-state index in [0.29, 0.717) is 30.6 Å². The summed E-state index contributed by atoms with van der Waals surface area (Å²) in [6.45, 7) is 11.9. The first-order valence-electron chi connectivity index (χ1n) is 9.84. The molecular weight excluding hydrogens is 374 g/mol. The van der Waals surface area contributed by atoms with Crippen LogP contribution in [0.5, 0.6) is 0 Å². The van der Waals surface area contributed by atoms with Crippen molar-refractivity contribution in [2.45, 2.75) is 59.7 Å². The average molecular weight is 404 g/mol. The zero-order valence-electron chi connectivity index (χ0n) is 17.2. The van der Waals surface area contributed by atoms with Crippen LogP contribution in [-0.4, -0.2) is 50.2 Å². The van der Waals surface area contributed by atoms with E-state index in [9.17, 15) is 9.59 Å². The van der Waals surface area contributed by atoms with Crippen molar-refractivity contribution in [2.75, 3.05) is 13.1 Å². The Morgan fingerprint density at radius 1 is 1.25 bits per heavy atom. The Kier molecular flexibility index (Phi) is 6.20. The molecule has 3 heterocycles. The average Bonchev–Trinajstić information content (AvgIpc) is 3.22. The van der Waals surface area contributed by atoms with Crippen LogP contribution in [0.25, 0.3) is 15.7 Å². The van der Waals surface area contributed by atoms with Gasteiger partial charge in [-0.2, -0.15) is 5.10 Å². The number of aromatic nitrogens is 3. The molecule has 7 nitrogen and oxygen atoms in total. The number of aryl methyl sites for hydroxylation is 1. The Hall–Kier alpha value is -2.19. The fraction of sp³-hybridized carbons (Fsp3) is 0.550. The highest BCUT2D eigenvalue weighted by Gasteiger charge is 2.17. The number of hydrogen-bond donors (Lipinski definition) is 1. The molecule has 0 radical (unpaired) electrons. The molecule has 1 N–H and O–H groups in total. The minimum absolute atomic E-state index is 0.0650. The lowest BCUT2D eigenvalue weighted by atomic mass is 10.2. The van der Waals surface area contributed by atoms with E-state index >= 15 is 0 Å². The number of fused-ring (bicyclic) bond motifs is 3. The van der Waals surface area contributed by atoms with Gasteiger partial charge in [0.05, 0.1) is 10.2 Å². The standard InChI is InChI=1S/C20H29N5O2S/c1-6-18-22-24(12-19(26)21-8-9-23(13(2)3)14(4)5)20(27)16-11-17-15(25(16)18)7-10-28-17/h7,10-11,13-14H,6,8-9,12H2,1-5H3,(H,21,26). The molecule has 0 unspecified atom stereocenters. The third kappa shape index (κ3) is 3.98. The number of carbonyl (C=O) groups is 1. The minimum Gasteiger partial charge on any atom is -0.353 e. The lowest BCUT2D eigenvalue weighted by Gasteiger charge is -2.30. The number of hydrogen-bond acceptors (Lipinski definition) is 5. The quantitative estimate of drug-likeness (QED) is 0.627. The van der Waals surface area contributed by atoms with Crippen LogP contribution in [-0.2, 0) is 17.8 Å². The summed E-state index contributed by atoms with van der Waals surface area (Å²) in [6, 6.07) is 4.72. The lowest BCUT2D eigenvalue weighted by molar-refractivity contribution is -0.122. The lowest BCUT2D eigenvalue weighted by Crippen LogP contribution is -2.43. The number of nitrogens with zero attached hydrogens (tertiary/aromatic N) is 4. The van der Waals surface area contributed by atoms with Crippen molar-refractivity contribution in [3.8, 4) is 0 Å². The van der Waals surface area contributed by atoms with Crippen LogP contribution in [0.4, 0.5) is 0 Å². The van der Waals surface area contributed by atoms with Crippen molar-refractivity contribution in [1.82, 2.24) is 24.4 Å². The molecule has 3 aromatic rings. The second kappa shape index (κ2) is 8.45. The Bertz CT molecular complexity index is 1020. The minimum atomic E-state index is -0.235. The summed E-state index contributed by atoms with van der Waals surface area (Å²) in [6.07, 6.45) is 0.676. The zero-order chi connectivity index (χ0) is 20.4. The molecule has 0 aromatic carbocycles. The van der Waals surface area contributed by atoms with Crippen LogP contribution in [0.15, 0.2) is 22.3 Å². The Labute approximate surface area is 169 Å². The van der Waals surface area contributed by atoms with E-state index in [0.717, 1.165) is 22.6 Å². The maximum atomic E-state index is 12.9. The van der Waals surface area contributed by atoms with Crippen LogP contribution in [0.2, 0.25) is 0 Å². The van der Waals surface area contributed by atoms with Gasteiger partial charge in [0, 0.05) is 31.6 Å². The smallest absolute Gasteiger partial charge is 0.291 e. The molecule has 8 heteroatoms. The summed E-state index contributed by atoms with van der Waals surface area (Å²) in [7, 11) is 0. The maximum absolute atomic E-state index is 12.9. The largest absolute Gasteiger partial charge is 0.353 e. The van der Waals surface area contributed by atoms with Gasteiger partial charge in [0.1, 0.15) is 17.9 Å². The molecule has 0 fully saturated rings. The molecule has 0 aliphatic heterocycles. The SMILES string of the molecule is CCc1nn(CC(=O)NCCN(C(C)C)C(C)C)c(=O)c2cc3sccc3n12. The number of thiophene rings is 1. The molecule has 0 saturated heterocycles. The summed E-state index contributed by atoms with van der Waals surface area (Å²) >= 11 is 1.60. The zero-order valence-corrected chi connectivity index (χ0v) is 18.0. The molecule has 0 aliphatic carbocycles. The Balaban J connectivity index is 1.76. The van der Waals surface area contributed by atoms with Crippen molar-refractivity contribution < 1.29 is 4.79 Å². The van der Waals surface area contributed by atoms with Crippen LogP contribution >= 0.6 is 11.3 Å². The van der Waals surface area contributed by atoms with Crippen LogP contribution in [0.1, 0.15) is 40.4 Å². The fourth-order valence-electron chi connectivity index (χ4n) is 3.69. The van der Waals surface area contributed by atoms with Gasteiger partial charge in [-0.25, -0.2) is 4.68 Å². The third-order valence-electron chi connectivity index (χ3n) is 5.00. The number of amides is 1. The van der Waals surface area contributed by atoms with E-state index in [1.165, 1.54) is 4.68 Å². The van der Waals surface area contributed by atoms with Gasteiger partial charge in [-0.15, -0.1) is 11.3 Å². The van der Waals surface area contributed by atoms with Crippen LogP contribution in [0, 0.1) is 0 Å². The van der Waals surface area contributed by atoms with Crippen molar-refractivity contribution in [3.63, 3.8) is 0 Å². The highest BCUT2D eigenvalue weighted by Crippen LogP contribution is 2.24. The van der Waals surface area contributed by atoms with E-state index in [1.54, 1.807) is 11.3 Å². The van der Waals surface area contributed by atoms with Crippen LogP contribution < -0.4 is 10.9 Å². The van der Waals surface area contributed by atoms with Gasteiger partial charge in [0.2, 0.25) is 5.91 Å². The molecule has 28 heavy (non-hydrogen) atoms. The molecule has 0 spiro atoms. The first-order chi connectivity index (χ1) is 13.3. The number of carbonyl (C=O) groups excluding carboxylic acids is 1. The van der Waals surface area contributed by atoms with Gasteiger partial charge in [-0.3, -0.25) is 18.9 Å². The van der Waals surface area contributed by atoms with Gasteiger partial charge in [-0.1, -0.05) is 6.92 Å². The molecule has 152 valence electrons. The first-order valence-corrected chi connectivity index (χ1v) is 10.7. The molecule has 3 aromatic heterocycles.